The van der Waals surface area contributed by atoms with Crippen molar-refractivity contribution in [1.82, 2.24) is 10.2 Å². The second-order valence-corrected chi connectivity index (χ2v) is 6.49. The fourth-order valence-corrected chi connectivity index (χ4v) is 2.90. The lowest BCUT2D eigenvalue weighted by atomic mass is 9.95. The van der Waals surface area contributed by atoms with Gasteiger partial charge in [0.2, 0.25) is 11.8 Å². The Labute approximate surface area is 142 Å². The highest BCUT2D eigenvalue weighted by Gasteiger charge is 2.23. The van der Waals surface area contributed by atoms with Crippen molar-refractivity contribution in [3.8, 4) is 0 Å². The van der Waals surface area contributed by atoms with Crippen molar-refractivity contribution in [2.45, 2.75) is 51.1 Å². The quantitative estimate of drug-likeness (QED) is 0.840. The molecule has 1 aliphatic carbocycles. The first-order chi connectivity index (χ1) is 11.5. The minimum Gasteiger partial charge on any atom is -0.352 e. The van der Waals surface area contributed by atoms with E-state index in [9.17, 15) is 14.0 Å². The van der Waals surface area contributed by atoms with E-state index < -0.39 is 11.9 Å². The molecule has 0 unspecified atom stereocenters. The predicted octanol–water partition coefficient (Wildman–Crippen LogP) is 2.53. The summed E-state index contributed by atoms with van der Waals surface area (Å²) in [4.78, 5) is 26.0. The molecule has 0 aliphatic heterocycles. The molecular weight excluding hydrogens is 309 g/mol. The van der Waals surface area contributed by atoms with Crippen LogP contribution in [-0.2, 0) is 9.59 Å². The number of halogens is 1. The summed E-state index contributed by atoms with van der Waals surface area (Å²) in [6.45, 7) is 1.85. The van der Waals surface area contributed by atoms with E-state index in [-0.39, 0.29) is 24.4 Å². The minimum absolute atomic E-state index is 0.0528. The van der Waals surface area contributed by atoms with Crippen molar-refractivity contribution in [2.24, 2.45) is 0 Å². The van der Waals surface area contributed by atoms with Crippen LogP contribution in [0.3, 0.4) is 0 Å². The van der Waals surface area contributed by atoms with E-state index in [4.69, 9.17) is 0 Å². The number of likely N-dealkylation sites (N-methyl/N-ethyl adjacent to an activating group) is 1. The molecule has 0 radical (unpaired) electrons. The van der Waals surface area contributed by atoms with Gasteiger partial charge in [0.1, 0.15) is 5.82 Å². The Hall–Kier alpha value is -1.95. The number of rotatable bonds is 6. The van der Waals surface area contributed by atoms with Gasteiger partial charge < -0.3 is 10.6 Å². The Kier molecular flexibility index (Phi) is 6.73. The number of hydrogen-bond acceptors (Lipinski definition) is 3. The average molecular weight is 335 g/mol. The molecule has 5 nitrogen and oxygen atoms in total. The van der Waals surface area contributed by atoms with E-state index >= 15 is 0 Å². The Morgan fingerprint density at radius 1 is 1.29 bits per heavy atom. The molecule has 1 saturated carbocycles. The zero-order chi connectivity index (χ0) is 17.5. The molecule has 0 bridgehead atoms. The van der Waals surface area contributed by atoms with Gasteiger partial charge in [-0.1, -0.05) is 25.3 Å². The summed E-state index contributed by atoms with van der Waals surface area (Å²) >= 11 is 0. The van der Waals surface area contributed by atoms with Gasteiger partial charge in [0.15, 0.2) is 0 Å². The third-order valence-electron chi connectivity index (χ3n) is 4.49. The molecule has 0 aromatic heterocycles. The first kappa shape index (κ1) is 18.4. The molecule has 24 heavy (non-hydrogen) atoms. The molecule has 1 aromatic carbocycles. The number of carbonyl (C=O) groups excluding carboxylic acids is 2. The molecule has 0 heterocycles. The Bertz CT molecular complexity index is 573. The maximum Gasteiger partial charge on any atom is 0.238 e. The monoisotopic (exact) mass is 335 g/mol. The molecule has 1 fully saturated rings. The zero-order valence-electron chi connectivity index (χ0n) is 14.3. The Morgan fingerprint density at radius 2 is 2.00 bits per heavy atom. The number of anilines is 1. The van der Waals surface area contributed by atoms with Crippen LogP contribution < -0.4 is 10.6 Å². The van der Waals surface area contributed by atoms with Gasteiger partial charge in [0, 0.05) is 11.7 Å². The Balaban J connectivity index is 1.80. The van der Waals surface area contributed by atoms with Gasteiger partial charge in [0.05, 0.1) is 12.6 Å². The number of benzene rings is 1. The van der Waals surface area contributed by atoms with Crippen molar-refractivity contribution in [3.63, 3.8) is 0 Å². The van der Waals surface area contributed by atoms with E-state index in [1.165, 1.54) is 24.6 Å². The molecule has 0 saturated heterocycles. The normalized spacial score (nSPS) is 16.7. The molecule has 1 atom stereocenters. The van der Waals surface area contributed by atoms with E-state index in [0.717, 1.165) is 25.7 Å². The van der Waals surface area contributed by atoms with Crippen LogP contribution in [0.5, 0.6) is 0 Å². The molecular formula is C18H26FN3O2. The van der Waals surface area contributed by atoms with E-state index in [0.29, 0.717) is 5.69 Å². The molecule has 2 amide bonds. The summed E-state index contributed by atoms with van der Waals surface area (Å²) in [5, 5.41) is 5.70. The summed E-state index contributed by atoms with van der Waals surface area (Å²) in [5.41, 5.74) is 0.410. The van der Waals surface area contributed by atoms with Crippen molar-refractivity contribution in [3.05, 3.63) is 30.1 Å². The maximum atomic E-state index is 13.1. The van der Waals surface area contributed by atoms with Crippen LogP contribution in [0.2, 0.25) is 0 Å². The van der Waals surface area contributed by atoms with Crippen LogP contribution in [0.4, 0.5) is 10.1 Å². The zero-order valence-corrected chi connectivity index (χ0v) is 14.3. The molecule has 132 valence electrons. The van der Waals surface area contributed by atoms with Crippen molar-refractivity contribution < 1.29 is 14.0 Å². The van der Waals surface area contributed by atoms with Crippen LogP contribution >= 0.6 is 0 Å². The standard InChI is InChI=1S/C18H26FN3O2/c1-13(18(24)21-15-8-4-3-5-9-15)22(2)12-17(23)20-16-10-6-7-14(19)11-16/h6-7,10-11,13,15H,3-5,8-9,12H2,1-2H3,(H,20,23)(H,21,24)/t13-/m0/s1. The average Bonchev–Trinajstić information content (AvgIpc) is 2.54. The summed E-state index contributed by atoms with van der Waals surface area (Å²) < 4.78 is 13.1. The van der Waals surface area contributed by atoms with Gasteiger partial charge in [-0.3, -0.25) is 14.5 Å². The fourth-order valence-electron chi connectivity index (χ4n) is 2.90. The third-order valence-corrected chi connectivity index (χ3v) is 4.49. The largest absolute Gasteiger partial charge is 0.352 e. The second-order valence-electron chi connectivity index (χ2n) is 6.49. The SMILES string of the molecule is C[C@@H](C(=O)NC1CCCCC1)N(C)CC(=O)Nc1cccc(F)c1. The highest BCUT2D eigenvalue weighted by Crippen LogP contribution is 2.17. The molecule has 2 rings (SSSR count). The smallest absolute Gasteiger partial charge is 0.238 e. The van der Waals surface area contributed by atoms with Crippen molar-refractivity contribution in [2.75, 3.05) is 18.9 Å². The summed E-state index contributed by atoms with van der Waals surface area (Å²) in [7, 11) is 1.73. The van der Waals surface area contributed by atoms with Crippen LogP contribution in [0.15, 0.2) is 24.3 Å². The van der Waals surface area contributed by atoms with Crippen LogP contribution in [0.1, 0.15) is 39.0 Å². The van der Waals surface area contributed by atoms with E-state index in [1.54, 1.807) is 24.9 Å². The minimum atomic E-state index is -0.401. The lowest BCUT2D eigenvalue weighted by molar-refractivity contribution is -0.127. The Morgan fingerprint density at radius 3 is 2.67 bits per heavy atom. The number of hydrogen-bond donors (Lipinski definition) is 2. The molecule has 1 aliphatic rings. The van der Waals surface area contributed by atoms with Crippen molar-refractivity contribution in [1.29, 1.82) is 0 Å². The van der Waals surface area contributed by atoms with Gasteiger partial charge in [-0.15, -0.1) is 0 Å². The third kappa shape index (κ3) is 5.60. The van der Waals surface area contributed by atoms with Crippen LogP contribution in [0.25, 0.3) is 0 Å². The van der Waals surface area contributed by atoms with Crippen LogP contribution in [-0.4, -0.2) is 42.4 Å². The van der Waals surface area contributed by atoms with E-state index in [1.807, 2.05) is 0 Å². The van der Waals surface area contributed by atoms with Gasteiger partial charge in [0.25, 0.3) is 0 Å². The number of carbonyl (C=O) groups is 2. The summed E-state index contributed by atoms with van der Waals surface area (Å²) in [5.74, 6) is -0.732. The topological polar surface area (TPSA) is 61.4 Å². The van der Waals surface area contributed by atoms with Gasteiger partial charge in [-0.05, 0) is 45.0 Å². The molecule has 2 N–H and O–H groups in total. The van der Waals surface area contributed by atoms with Crippen LogP contribution in [0, 0.1) is 5.82 Å². The predicted molar refractivity (Wildman–Crippen MR) is 92.1 cm³/mol. The fraction of sp³-hybridized carbons (Fsp3) is 0.556. The van der Waals surface area contributed by atoms with Gasteiger partial charge >= 0.3 is 0 Å². The highest BCUT2D eigenvalue weighted by atomic mass is 19.1. The summed E-state index contributed by atoms with van der Waals surface area (Å²) in [6, 6.07) is 5.60. The number of amides is 2. The molecule has 6 heteroatoms. The first-order valence-corrected chi connectivity index (χ1v) is 8.51. The van der Waals surface area contributed by atoms with Crippen molar-refractivity contribution >= 4 is 17.5 Å². The lowest BCUT2D eigenvalue weighted by Crippen LogP contribution is -2.49. The van der Waals surface area contributed by atoms with Gasteiger partial charge in [-0.25, -0.2) is 4.39 Å². The number of nitrogens with zero attached hydrogens (tertiary/aromatic N) is 1. The summed E-state index contributed by atoms with van der Waals surface area (Å²) in [6.07, 6.45) is 5.61. The number of nitrogens with one attached hydrogen (secondary N) is 2. The molecule has 1 aromatic rings. The maximum absolute atomic E-state index is 13.1. The molecule has 0 spiro atoms. The van der Waals surface area contributed by atoms with E-state index in [2.05, 4.69) is 10.6 Å². The second kappa shape index (κ2) is 8.78. The lowest BCUT2D eigenvalue weighted by Gasteiger charge is -2.28. The van der Waals surface area contributed by atoms with Gasteiger partial charge in [-0.2, -0.15) is 0 Å². The highest BCUT2D eigenvalue weighted by molar-refractivity contribution is 5.92. The first-order valence-electron chi connectivity index (χ1n) is 8.51.